The molecule has 0 bridgehead atoms. The minimum Gasteiger partial charge on any atom is -0.383 e. The fourth-order valence-corrected chi connectivity index (χ4v) is 5.18. The van der Waals surface area contributed by atoms with Crippen molar-refractivity contribution in [3.8, 4) is 0 Å². The fraction of sp³-hybridized carbons (Fsp3) is 0.588. The fourth-order valence-electron chi connectivity index (χ4n) is 2.99. The van der Waals surface area contributed by atoms with Crippen molar-refractivity contribution < 1.29 is 17.9 Å². The predicted octanol–water partition coefficient (Wildman–Crippen LogP) is 2.69. The number of hydrogen-bond donors (Lipinski definition) is 1. The molecule has 1 aromatic carbocycles. The second-order valence-corrected chi connectivity index (χ2v) is 9.37. The lowest BCUT2D eigenvalue weighted by Crippen LogP contribution is -2.48. The van der Waals surface area contributed by atoms with Crippen LogP contribution in [0, 0.1) is 5.92 Å². The highest BCUT2D eigenvalue weighted by Crippen LogP contribution is 2.26. The summed E-state index contributed by atoms with van der Waals surface area (Å²) in [5.41, 5.74) is 0.497. The lowest BCUT2D eigenvalue weighted by molar-refractivity contribution is -0.127. The van der Waals surface area contributed by atoms with Crippen molar-refractivity contribution >= 4 is 39.1 Å². The maximum absolute atomic E-state index is 12.8. The number of nitrogens with zero attached hydrogens (tertiary/aromatic N) is 1. The summed E-state index contributed by atoms with van der Waals surface area (Å²) < 4.78 is 31.9. The summed E-state index contributed by atoms with van der Waals surface area (Å²) in [4.78, 5) is 12.4. The van der Waals surface area contributed by atoms with Crippen molar-refractivity contribution in [2.24, 2.45) is 5.92 Å². The van der Waals surface area contributed by atoms with Crippen LogP contribution in [0.1, 0.15) is 25.3 Å². The number of methoxy groups -OCH3 is 1. The van der Waals surface area contributed by atoms with E-state index in [2.05, 4.69) is 5.32 Å². The maximum atomic E-state index is 12.8. The molecule has 0 spiro atoms. The van der Waals surface area contributed by atoms with Gasteiger partial charge >= 0.3 is 0 Å². The molecule has 2 rings (SSSR count). The lowest BCUT2D eigenvalue weighted by atomic mass is 9.98. The van der Waals surface area contributed by atoms with Gasteiger partial charge in [0.15, 0.2) is 0 Å². The van der Waals surface area contributed by atoms with Gasteiger partial charge in [-0.2, -0.15) is 0 Å². The van der Waals surface area contributed by atoms with Crippen LogP contribution in [0.15, 0.2) is 18.2 Å². The van der Waals surface area contributed by atoms with Crippen LogP contribution in [0.4, 0.5) is 0 Å². The molecule has 1 saturated heterocycles. The Hall–Kier alpha value is -0.860. The summed E-state index contributed by atoms with van der Waals surface area (Å²) >= 11 is 12.0. The standard InChI is InChI=1S/C17H24Cl2N2O4S/c1-12(10-25-2)20-17(22)13-4-3-7-21(9-13)26(23,24)11-14-5-6-15(18)8-16(14)19/h5-6,8,12-13H,3-4,7,9-11H2,1-2H3,(H,20,22). The Kier molecular flexibility index (Phi) is 7.73. The van der Waals surface area contributed by atoms with Crippen molar-refractivity contribution in [1.82, 2.24) is 9.62 Å². The second-order valence-electron chi connectivity index (χ2n) is 6.55. The highest BCUT2D eigenvalue weighted by Gasteiger charge is 2.33. The molecule has 2 unspecified atom stereocenters. The van der Waals surface area contributed by atoms with Crippen LogP contribution in [-0.2, 0) is 25.3 Å². The van der Waals surface area contributed by atoms with Gasteiger partial charge in [-0.05, 0) is 37.5 Å². The van der Waals surface area contributed by atoms with Gasteiger partial charge in [-0.15, -0.1) is 0 Å². The van der Waals surface area contributed by atoms with Crippen LogP contribution in [0.25, 0.3) is 0 Å². The number of piperidine rings is 1. The first-order valence-electron chi connectivity index (χ1n) is 8.44. The summed E-state index contributed by atoms with van der Waals surface area (Å²) in [5.74, 6) is -0.713. The second kappa shape index (κ2) is 9.37. The SMILES string of the molecule is COCC(C)NC(=O)C1CCCN(S(=O)(=O)Cc2ccc(Cl)cc2Cl)C1. The molecule has 1 N–H and O–H groups in total. The van der Waals surface area contributed by atoms with E-state index in [1.807, 2.05) is 6.92 Å². The molecule has 1 heterocycles. The van der Waals surface area contributed by atoms with Crippen molar-refractivity contribution in [2.75, 3.05) is 26.8 Å². The quantitative estimate of drug-likeness (QED) is 0.732. The number of carbonyl (C=O) groups is 1. The Balaban J connectivity index is 2.04. The molecule has 2 atom stereocenters. The number of rotatable bonds is 7. The van der Waals surface area contributed by atoms with Crippen molar-refractivity contribution in [3.63, 3.8) is 0 Å². The molecule has 0 saturated carbocycles. The van der Waals surface area contributed by atoms with Crippen LogP contribution < -0.4 is 5.32 Å². The van der Waals surface area contributed by atoms with Gasteiger partial charge < -0.3 is 10.1 Å². The van der Waals surface area contributed by atoms with E-state index in [0.717, 1.165) is 0 Å². The van der Waals surface area contributed by atoms with Crippen molar-refractivity contribution in [1.29, 1.82) is 0 Å². The van der Waals surface area contributed by atoms with Crippen LogP contribution in [0.5, 0.6) is 0 Å². The zero-order valence-corrected chi connectivity index (χ0v) is 17.2. The third-order valence-corrected chi connectivity index (χ3v) is 6.69. The monoisotopic (exact) mass is 422 g/mol. The molecule has 1 amide bonds. The topological polar surface area (TPSA) is 75.7 Å². The van der Waals surface area contributed by atoms with Gasteiger partial charge in [0.1, 0.15) is 0 Å². The zero-order chi connectivity index (χ0) is 19.3. The number of nitrogens with one attached hydrogen (secondary N) is 1. The molecular formula is C17H24Cl2N2O4S. The smallest absolute Gasteiger partial charge is 0.224 e. The lowest BCUT2D eigenvalue weighted by Gasteiger charge is -2.32. The summed E-state index contributed by atoms with van der Waals surface area (Å²) in [6.07, 6.45) is 1.31. The number of benzene rings is 1. The summed E-state index contributed by atoms with van der Waals surface area (Å²) in [5, 5.41) is 3.64. The number of hydrogen-bond acceptors (Lipinski definition) is 4. The molecule has 9 heteroatoms. The van der Waals surface area contributed by atoms with Gasteiger partial charge in [0.05, 0.1) is 18.3 Å². The van der Waals surface area contributed by atoms with E-state index in [1.54, 1.807) is 19.2 Å². The Bertz CT molecular complexity index is 742. The Labute approximate surface area is 164 Å². The normalized spacial score (nSPS) is 19.9. The average molecular weight is 423 g/mol. The van der Waals surface area contributed by atoms with E-state index in [9.17, 15) is 13.2 Å². The van der Waals surface area contributed by atoms with E-state index in [1.165, 1.54) is 10.4 Å². The van der Waals surface area contributed by atoms with Gasteiger partial charge in [-0.25, -0.2) is 12.7 Å². The average Bonchev–Trinajstić information content (AvgIpc) is 2.57. The molecule has 26 heavy (non-hydrogen) atoms. The molecule has 146 valence electrons. The molecule has 0 aliphatic carbocycles. The number of amides is 1. The summed E-state index contributed by atoms with van der Waals surface area (Å²) in [6.45, 7) is 2.85. The van der Waals surface area contributed by atoms with Crippen LogP contribution in [-0.4, -0.2) is 51.5 Å². The van der Waals surface area contributed by atoms with E-state index >= 15 is 0 Å². The summed E-state index contributed by atoms with van der Waals surface area (Å²) in [7, 11) is -2.01. The minimum atomic E-state index is -3.58. The van der Waals surface area contributed by atoms with E-state index < -0.39 is 10.0 Å². The van der Waals surface area contributed by atoms with Crippen LogP contribution >= 0.6 is 23.2 Å². The largest absolute Gasteiger partial charge is 0.383 e. The predicted molar refractivity (Wildman–Crippen MR) is 103 cm³/mol. The Morgan fingerprint density at radius 2 is 2.15 bits per heavy atom. The molecular weight excluding hydrogens is 399 g/mol. The van der Waals surface area contributed by atoms with Gasteiger partial charge in [0, 0.05) is 36.3 Å². The number of halogens is 2. The first kappa shape index (κ1) is 21.4. The van der Waals surface area contributed by atoms with Gasteiger partial charge in [0.25, 0.3) is 0 Å². The summed E-state index contributed by atoms with van der Waals surface area (Å²) in [6, 6.07) is 4.63. The number of sulfonamides is 1. The molecule has 0 radical (unpaired) electrons. The molecule has 1 aromatic rings. The Morgan fingerprint density at radius 3 is 2.81 bits per heavy atom. The van der Waals surface area contributed by atoms with Crippen LogP contribution in [0.3, 0.4) is 0 Å². The van der Waals surface area contributed by atoms with Crippen LogP contribution in [0.2, 0.25) is 10.0 Å². The molecule has 1 aliphatic rings. The van der Waals surface area contributed by atoms with Gasteiger partial charge in [0.2, 0.25) is 15.9 Å². The number of carbonyl (C=O) groups excluding carboxylic acids is 1. The van der Waals surface area contributed by atoms with E-state index in [-0.39, 0.29) is 30.2 Å². The zero-order valence-electron chi connectivity index (χ0n) is 14.9. The highest BCUT2D eigenvalue weighted by atomic mass is 35.5. The third-order valence-electron chi connectivity index (χ3n) is 4.31. The third kappa shape index (κ3) is 5.82. The van der Waals surface area contributed by atoms with Crippen molar-refractivity contribution in [3.05, 3.63) is 33.8 Å². The molecule has 1 fully saturated rings. The van der Waals surface area contributed by atoms with Crippen molar-refractivity contribution in [2.45, 2.75) is 31.6 Å². The Morgan fingerprint density at radius 1 is 1.42 bits per heavy atom. The van der Waals surface area contributed by atoms with E-state index in [0.29, 0.717) is 41.6 Å². The molecule has 6 nitrogen and oxygen atoms in total. The van der Waals surface area contributed by atoms with E-state index in [4.69, 9.17) is 27.9 Å². The minimum absolute atomic E-state index is 0.118. The van der Waals surface area contributed by atoms with Gasteiger partial charge in [-0.1, -0.05) is 29.3 Å². The van der Waals surface area contributed by atoms with Gasteiger partial charge in [-0.3, -0.25) is 4.79 Å². The highest BCUT2D eigenvalue weighted by molar-refractivity contribution is 7.88. The first-order valence-corrected chi connectivity index (χ1v) is 10.8. The maximum Gasteiger partial charge on any atom is 0.224 e. The molecule has 0 aromatic heterocycles. The molecule has 1 aliphatic heterocycles. The number of ether oxygens (including phenoxy) is 1. The first-order chi connectivity index (χ1) is 12.2.